The number of aromatic nitrogens is 2. The van der Waals surface area contributed by atoms with Gasteiger partial charge in [-0.05, 0) is 53.0 Å². The minimum Gasteiger partial charge on any atom is -0.444 e. The average molecular weight is 341 g/mol. The van der Waals surface area contributed by atoms with Crippen LogP contribution in [0.5, 0.6) is 0 Å². The summed E-state index contributed by atoms with van der Waals surface area (Å²) in [6.07, 6.45) is 2.78. The van der Waals surface area contributed by atoms with Gasteiger partial charge in [0, 0.05) is 18.8 Å². The standard InChI is InChI=1S/C16H25ClN4O2/c1-11-9-13(17)20-14(19-11)18-10-12-7-5-6-8-21(12)15(22)23-16(2,3)4/h9,12H,5-8,10H2,1-4H3,(H,18,19,20). The molecule has 1 saturated heterocycles. The predicted molar refractivity (Wildman–Crippen MR) is 90.8 cm³/mol. The molecule has 1 N–H and O–H groups in total. The Morgan fingerprint density at radius 3 is 2.83 bits per heavy atom. The van der Waals surface area contributed by atoms with Crippen LogP contribution in [0.1, 0.15) is 45.7 Å². The summed E-state index contributed by atoms with van der Waals surface area (Å²) in [5, 5.41) is 3.60. The molecule has 1 aromatic heterocycles. The van der Waals surface area contributed by atoms with Gasteiger partial charge in [0.1, 0.15) is 10.8 Å². The lowest BCUT2D eigenvalue weighted by Gasteiger charge is -2.36. The highest BCUT2D eigenvalue weighted by Gasteiger charge is 2.30. The normalized spacial score (nSPS) is 18.7. The van der Waals surface area contributed by atoms with Gasteiger partial charge in [-0.1, -0.05) is 11.6 Å². The van der Waals surface area contributed by atoms with Crippen LogP contribution in [-0.2, 0) is 4.74 Å². The molecule has 0 spiro atoms. The number of carbonyl (C=O) groups is 1. The number of likely N-dealkylation sites (tertiary alicyclic amines) is 1. The molecule has 1 amide bonds. The van der Waals surface area contributed by atoms with Gasteiger partial charge in [-0.25, -0.2) is 14.8 Å². The second-order valence-corrected chi connectivity index (χ2v) is 7.25. The van der Waals surface area contributed by atoms with E-state index < -0.39 is 5.60 Å². The molecule has 1 unspecified atom stereocenters. The molecule has 1 atom stereocenters. The van der Waals surface area contributed by atoms with Gasteiger partial charge in [0.2, 0.25) is 5.95 Å². The molecular weight excluding hydrogens is 316 g/mol. The first-order chi connectivity index (χ1) is 10.7. The number of halogens is 1. The number of rotatable bonds is 3. The monoisotopic (exact) mass is 340 g/mol. The molecule has 2 heterocycles. The summed E-state index contributed by atoms with van der Waals surface area (Å²) in [7, 11) is 0. The second-order valence-electron chi connectivity index (χ2n) is 6.86. The molecule has 128 valence electrons. The minimum atomic E-state index is -0.486. The molecule has 6 nitrogen and oxygen atoms in total. The van der Waals surface area contributed by atoms with Crippen molar-refractivity contribution in [1.82, 2.24) is 14.9 Å². The Morgan fingerprint density at radius 1 is 1.43 bits per heavy atom. The topological polar surface area (TPSA) is 67.4 Å². The van der Waals surface area contributed by atoms with E-state index in [1.807, 2.05) is 27.7 Å². The number of hydrogen-bond donors (Lipinski definition) is 1. The number of anilines is 1. The Bertz CT molecular complexity index is 539. The van der Waals surface area contributed by atoms with E-state index in [0.717, 1.165) is 31.5 Å². The van der Waals surface area contributed by atoms with Crippen molar-refractivity contribution in [2.45, 2.75) is 58.6 Å². The highest BCUT2D eigenvalue weighted by atomic mass is 35.5. The maximum atomic E-state index is 12.4. The van der Waals surface area contributed by atoms with Crippen molar-refractivity contribution in [3.05, 3.63) is 16.9 Å². The largest absolute Gasteiger partial charge is 0.444 e. The third kappa shape index (κ3) is 5.53. The van der Waals surface area contributed by atoms with Gasteiger partial charge in [-0.15, -0.1) is 0 Å². The van der Waals surface area contributed by atoms with Crippen molar-refractivity contribution >= 4 is 23.6 Å². The van der Waals surface area contributed by atoms with Gasteiger partial charge in [0.15, 0.2) is 0 Å². The summed E-state index contributed by atoms with van der Waals surface area (Å²) >= 11 is 5.95. The zero-order valence-electron chi connectivity index (χ0n) is 14.2. The van der Waals surface area contributed by atoms with Gasteiger partial charge >= 0.3 is 6.09 Å². The summed E-state index contributed by atoms with van der Waals surface area (Å²) in [4.78, 5) is 22.6. The summed E-state index contributed by atoms with van der Waals surface area (Å²) in [5.41, 5.74) is 0.319. The predicted octanol–water partition coefficient (Wildman–Crippen LogP) is 3.64. The van der Waals surface area contributed by atoms with E-state index in [2.05, 4.69) is 15.3 Å². The maximum Gasteiger partial charge on any atom is 0.410 e. The van der Waals surface area contributed by atoms with Crippen molar-refractivity contribution in [2.24, 2.45) is 0 Å². The Balaban J connectivity index is 1.99. The SMILES string of the molecule is Cc1cc(Cl)nc(NCC2CCCCN2C(=O)OC(C)(C)C)n1. The number of nitrogens with one attached hydrogen (secondary N) is 1. The van der Waals surface area contributed by atoms with Crippen molar-refractivity contribution in [2.75, 3.05) is 18.4 Å². The van der Waals surface area contributed by atoms with Crippen LogP contribution in [0, 0.1) is 6.92 Å². The number of ether oxygens (including phenoxy) is 1. The Labute approximate surface area is 142 Å². The van der Waals surface area contributed by atoms with E-state index in [4.69, 9.17) is 16.3 Å². The Morgan fingerprint density at radius 2 is 2.17 bits per heavy atom. The lowest BCUT2D eigenvalue weighted by Crippen LogP contribution is -2.49. The Kier molecular flexibility index (Phi) is 5.68. The van der Waals surface area contributed by atoms with E-state index in [9.17, 15) is 4.79 Å². The van der Waals surface area contributed by atoms with Crippen LogP contribution in [0.15, 0.2) is 6.07 Å². The molecule has 1 aliphatic heterocycles. The van der Waals surface area contributed by atoms with E-state index in [1.54, 1.807) is 11.0 Å². The molecule has 0 radical (unpaired) electrons. The van der Waals surface area contributed by atoms with E-state index >= 15 is 0 Å². The van der Waals surface area contributed by atoms with E-state index in [1.165, 1.54) is 0 Å². The summed E-state index contributed by atoms with van der Waals surface area (Å²) in [5.74, 6) is 0.490. The van der Waals surface area contributed by atoms with Crippen molar-refractivity contribution in [3.8, 4) is 0 Å². The van der Waals surface area contributed by atoms with Crippen molar-refractivity contribution in [1.29, 1.82) is 0 Å². The number of amides is 1. The first-order valence-corrected chi connectivity index (χ1v) is 8.37. The Hall–Kier alpha value is -1.56. The average Bonchev–Trinajstić information content (AvgIpc) is 2.42. The van der Waals surface area contributed by atoms with E-state index in [0.29, 0.717) is 17.6 Å². The van der Waals surface area contributed by atoms with Gasteiger partial charge in [0.05, 0.1) is 6.04 Å². The fourth-order valence-electron chi connectivity index (χ4n) is 2.59. The molecule has 0 bridgehead atoms. The van der Waals surface area contributed by atoms with Crippen LogP contribution in [-0.4, -0.2) is 45.7 Å². The van der Waals surface area contributed by atoms with Gasteiger partial charge in [-0.3, -0.25) is 0 Å². The van der Waals surface area contributed by atoms with Crippen LogP contribution < -0.4 is 5.32 Å². The first-order valence-electron chi connectivity index (χ1n) is 7.99. The summed E-state index contributed by atoms with van der Waals surface area (Å²) in [6.45, 7) is 8.81. The van der Waals surface area contributed by atoms with Gasteiger partial charge in [0.25, 0.3) is 0 Å². The number of nitrogens with zero attached hydrogens (tertiary/aromatic N) is 3. The molecule has 0 aromatic carbocycles. The molecular formula is C16H25ClN4O2. The third-order valence-electron chi connectivity index (χ3n) is 3.57. The molecule has 1 fully saturated rings. The van der Waals surface area contributed by atoms with Crippen LogP contribution in [0.2, 0.25) is 5.15 Å². The lowest BCUT2D eigenvalue weighted by molar-refractivity contribution is 0.0114. The van der Waals surface area contributed by atoms with Gasteiger partial charge in [-0.2, -0.15) is 0 Å². The molecule has 1 aromatic rings. The van der Waals surface area contributed by atoms with Crippen LogP contribution in [0.25, 0.3) is 0 Å². The molecule has 1 aliphatic rings. The molecule has 23 heavy (non-hydrogen) atoms. The zero-order valence-corrected chi connectivity index (χ0v) is 15.0. The van der Waals surface area contributed by atoms with Crippen LogP contribution in [0.4, 0.5) is 10.7 Å². The maximum absolute atomic E-state index is 12.4. The van der Waals surface area contributed by atoms with Crippen molar-refractivity contribution in [3.63, 3.8) is 0 Å². The lowest BCUT2D eigenvalue weighted by atomic mass is 10.0. The third-order valence-corrected chi connectivity index (χ3v) is 3.77. The van der Waals surface area contributed by atoms with Crippen LogP contribution in [0.3, 0.4) is 0 Å². The number of carbonyl (C=O) groups excluding carboxylic acids is 1. The van der Waals surface area contributed by atoms with E-state index in [-0.39, 0.29) is 12.1 Å². The fourth-order valence-corrected chi connectivity index (χ4v) is 2.83. The van der Waals surface area contributed by atoms with Crippen molar-refractivity contribution < 1.29 is 9.53 Å². The molecule has 0 aliphatic carbocycles. The summed E-state index contributed by atoms with van der Waals surface area (Å²) < 4.78 is 5.50. The van der Waals surface area contributed by atoms with Crippen LogP contribution >= 0.6 is 11.6 Å². The molecule has 7 heteroatoms. The quantitative estimate of drug-likeness (QED) is 0.851. The number of aryl methyl sites for hydroxylation is 1. The first kappa shape index (κ1) is 17.8. The molecule has 2 rings (SSSR count). The summed E-state index contributed by atoms with van der Waals surface area (Å²) in [6, 6.07) is 1.78. The second kappa shape index (κ2) is 7.34. The fraction of sp³-hybridized carbons (Fsp3) is 0.688. The zero-order chi connectivity index (χ0) is 17.0. The van der Waals surface area contributed by atoms with Gasteiger partial charge < -0.3 is 15.0 Å². The number of piperidine rings is 1. The highest BCUT2D eigenvalue weighted by molar-refractivity contribution is 6.29. The molecule has 0 saturated carbocycles. The number of hydrogen-bond acceptors (Lipinski definition) is 5. The highest BCUT2D eigenvalue weighted by Crippen LogP contribution is 2.21. The minimum absolute atomic E-state index is 0.0708. The smallest absolute Gasteiger partial charge is 0.410 e.